The molecule has 0 saturated carbocycles. The summed E-state index contributed by atoms with van der Waals surface area (Å²) in [7, 11) is 0. The molecular formula is C45H28N4O. The second kappa shape index (κ2) is 11.4. The van der Waals surface area contributed by atoms with Crippen molar-refractivity contribution in [2.45, 2.75) is 0 Å². The highest BCUT2D eigenvalue weighted by molar-refractivity contribution is 6.17. The van der Waals surface area contributed by atoms with Gasteiger partial charge in [-0.15, -0.1) is 0 Å². The van der Waals surface area contributed by atoms with Gasteiger partial charge in [-0.1, -0.05) is 133 Å². The molecule has 0 atom stereocenters. The predicted molar refractivity (Wildman–Crippen MR) is 203 cm³/mol. The topological polar surface area (TPSA) is 56.7 Å². The minimum atomic E-state index is 0.590. The van der Waals surface area contributed by atoms with Crippen LogP contribution in [0.5, 0.6) is 0 Å². The van der Waals surface area contributed by atoms with Crippen molar-refractivity contribution in [3.05, 3.63) is 170 Å². The number of hydrogen-bond donors (Lipinski definition) is 0. The molecule has 7 aromatic carbocycles. The lowest BCUT2D eigenvalue weighted by atomic mass is 9.97. The van der Waals surface area contributed by atoms with Crippen molar-refractivity contribution in [2.24, 2.45) is 0 Å². The van der Waals surface area contributed by atoms with Crippen LogP contribution in [0.25, 0.3) is 94.7 Å². The monoisotopic (exact) mass is 640 g/mol. The molecule has 0 aliphatic rings. The lowest BCUT2D eigenvalue weighted by molar-refractivity contribution is 0.669. The normalized spacial score (nSPS) is 11.6. The van der Waals surface area contributed by atoms with E-state index in [4.69, 9.17) is 19.4 Å². The first-order chi connectivity index (χ1) is 24.8. The maximum absolute atomic E-state index is 6.46. The van der Waals surface area contributed by atoms with E-state index in [0.29, 0.717) is 17.5 Å². The highest BCUT2D eigenvalue weighted by Crippen LogP contribution is 2.41. The van der Waals surface area contributed by atoms with Crippen LogP contribution in [0.2, 0.25) is 0 Å². The summed E-state index contributed by atoms with van der Waals surface area (Å²) in [6.07, 6.45) is 0. The fourth-order valence-electron chi connectivity index (χ4n) is 7.24. The van der Waals surface area contributed by atoms with Crippen LogP contribution in [0.1, 0.15) is 0 Å². The van der Waals surface area contributed by atoms with Crippen molar-refractivity contribution >= 4 is 43.7 Å². The van der Waals surface area contributed by atoms with Crippen molar-refractivity contribution in [1.82, 2.24) is 19.5 Å². The Labute approximate surface area is 287 Å². The van der Waals surface area contributed by atoms with Gasteiger partial charge in [-0.2, -0.15) is 0 Å². The first kappa shape index (κ1) is 28.2. The molecule has 0 radical (unpaired) electrons. The van der Waals surface area contributed by atoms with Crippen LogP contribution < -0.4 is 0 Å². The number of furan rings is 1. The SMILES string of the molecule is c1ccc(-c2nc(-c3cccc(-n4c5ccccc5c5ccccc54)c3)nc(-c3cccc4oc5cccc(-c6ccccc6)c5c34)n2)cc1. The minimum Gasteiger partial charge on any atom is -0.456 e. The molecule has 10 aromatic rings. The van der Waals surface area contributed by atoms with Crippen molar-refractivity contribution in [1.29, 1.82) is 0 Å². The molecular weight excluding hydrogens is 613 g/mol. The van der Waals surface area contributed by atoms with Crippen LogP contribution in [-0.4, -0.2) is 19.5 Å². The molecule has 3 aromatic heterocycles. The van der Waals surface area contributed by atoms with Gasteiger partial charge in [0.25, 0.3) is 0 Å². The van der Waals surface area contributed by atoms with Crippen LogP contribution >= 0.6 is 0 Å². The zero-order chi connectivity index (χ0) is 33.0. The number of fused-ring (bicyclic) bond motifs is 6. The van der Waals surface area contributed by atoms with E-state index in [1.54, 1.807) is 0 Å². The van der Waals surface area contributed by atoms with E-state index in [1.165, 1.54) is 10.8 Å². The van der Waals surface area contributed by atoms with Crippen LogP contribution in [0.3, 0.4) is 0 Å². The molecule has 50 heavy (non-hydrogen) atoms. The summed E-state index contributed by atoms with van der Waals surface area (Å²) in [5.74, 6) is 1.80. The van der Waals surface area contributed by atoms with E-state index in [-0.39, 0.29) is 0 Å². The van der Waals surface area contributed by atoms with Crippen molar-refractivity contribution < 1.29 is 4.42 Å². The van der Waals surface area contributed by atoms with E-state index >= 15 is 0 Å². The zero-order valence-corrected chi connectivity index (χ0v) is 26.9. The smallest absolute Gasteiger partial charge is 0.164 e. The molecule has 234 valence electrons. The van der Waals surface area contributed by atoms with Gasteiger partial charge in [-0.3, -0.25) is 0 Å². The average molecular weight is 641 g/mol. The third kappa shape index (κ3) is 4.52. The number of benzene rings is 7. The van der Waals surface area contributed by atoms with E-state index < -0.39 is 0 Å². The summed E-state index contributed by atoms with van der Waals surface area (Å²) in [5.41, 5.74) is 9.90. The number of hydrogen-bond acceptors (Lipinski definition) is 4. The highest BCUT2D eigenvalue weighted by Gasteiger charge is 2.20. The zero-order valence-electron chi connectivity index (χ0n) is 26.9. The lowest BCUT2D eigenvalue weighted by Gasteiger charge is -2.12. The average Bonchev–Trinajstić information content (AvgIpc) is 3.75. The second-order valence-electron chi connectivity index (χ2n) is 12.4. The summed E-state index contributed by atoms with van der Waals surface area (Å²) in [6, 6.07) is 58.5. The van der Waals surface area contributed by atoms with Crippen LogP contribution in [-0.2, 0) is 0 Å². The molecule has 5 heteroatoms. The third-order valence-corrected chi connectivity index (χ3v) is 9.46. The Balaban J connectivity index is 1.21. The Bertz CT molecular complexity index is 2820. The molecule has 10 rings (SSSR count). The number of nitrogens with zero attached hydrogens (tertiary/aromatic N) is 4. The first-order valence-electron chi connectivity index (χ1n) is 16.7. The highest BCUT2D eigenvalue weighted by atomic mass is 16.3. The van der Waals surface area contributed by atoms with Crippen LogP contribution in [0.4, 0.5) is 0 Å². The molecule has 0 unspecified atom stereocenters. The number of aromatic nitrogens is 4. The fraction of sp³-hybridized carbons (Fsp3) is 0. The van der Waals surface area contributed by atoms with Gasteiger partial charge >= 0.3 is 0 Å². The van der Waals surface area contributed by atoms with Crippen LogP contribution in [0, 0.1) is 0 Å². The van der Waals surface area contributed by atoms with Crippen molar-refractivity contribution in [3.63, 3.8) is 0 Å². The molecule has 0 fully saturated rings. The van der Waals surface area contributed by atoms with E-state index in [0.717, 1.165) is 66.5 Å². The Morgan fingerprint density at radius 3 is 1.56 bits per heavy atom. The standard InChI is InChI=1S/C45H28N4O/c1-3-14-29(15-4-1)33-22-12-26-39-41(33)42-36(23-13-27-40(42)50-39)45-47-43(30-16-5-2-6-17-30)46-44(48-45)31-18-11-19-32(28-31)49-37-24-9-7-20-34(37)35-21-8-10-25-38(35)49/h1-28H. The van der Waals surface area contributed by atoms with Gasteiger partial charge < -0.3 is 8.98 Å². The maximum Gasteiger partial charge on any atom is 0.164 e. The number of rotatable bonds is 5. The quantitative estimate of drug-likeness (QED) is 0.188. The summed E-state index contributed by atoms with van der Waals surface area (Å²) >= 11 is 0. The number of para-hydroxylation sites is 2. The lowest BCUT2D eigenvalue weighted by Crippen LogP contribution is -2.01. The van der Waals surface area contributed by atoms with Gasteiger partial charge in [0.05, 0.1) is 11.0 Å². The van der Waals surface area contributed by atoms with Gasteiger partial charge in [-0.25, -0.2) is 15.0 Å². The summed E-state index contributed by atoms with van der Waals surface area (Å²) in [5, 5.41) is 4.47. The molecule has 5 nitrogen and oxygen atoms in total. The second-order valence-corrected chi connectivity index (χ2v) is 12.4. The molecule has 0 bridgehead atoms. The third-order valence-electron chi connectivity index (χ3n) is 9.46. The predicted octanol–water partition coefficient (Wildman–Crippen LogP) is 11.5. The van der Waals surface area contributed by atoms with Gasteiger partial charge in [0.2, 0.25) is 0 Å². The van der Waals surface area contributed by atoms with Gasteiger partial charge in [0.15, 0.2) is 17.5 Å². The van der Waals surface area contributed by atoms with E-state index in [2.05, 4.69) is 114 Å². The summed E-state index contributed by atoms with van der Waals surface area (Å²) < 4.78 is 8.78. The Morgan fingerprint density at radius 1 is 0.380 bits per heavy atom. The van der Waals surface area contributed by atoms with Crippen molar-refractivity contribution in [3.8, 4) is 51.0 Å². The van der Waals surface area contributed by atoms with E-state index in [9.17, 15) is 0 Å². The molecule has 0 spiro atoms. The molecule has 0 saturated heterocycles. The summed E-state index contributed by atoms with van der Waals surface area (Å²) in [6.45, 7) is 0. The molecule has 0 N–H and O–H groups in total. The van der Waals surface area contributed by atoms with Gasteiger partial charge in [0, 0.05) is 43.9 Å². The Hall–Kier alpha value is -6.85. The molecule has 0 aliphatic carbocycles. The molecule has 3 heterocycles. The first-order valence-corrected chi connectivity index (χ1v) is 16.7. The van der Waals surface area contributed by atoms with Gasteiger partial charge in [0.1, 0.15) is 11.2 Å². The minimum absolute atomic E-state index is 0.590. The van der Waals surface area contributed by atoms with Crippen LogP contribution in [0.15, 0.2) is 174 Å². The largest absolute Gasteiger partial charge is 0.456 e. The Kier molecular flexibility index (Phi) is 6.42. The molecule has 0 aliphatic heterocycles. The molecule has 0 amide bonds. The fourth-order valence-corrected chi connectivity index (χ4v) is 7.24. The van der Waals surface area contributed by atoms with Crippen molar-refractivity contribution in [2.75, 3.05) is 0 Å². The maximum atomic E-state index is 6.46. The summed E-state index contributed by atoms with van der Waals surface area (Å²) in [4.78, 5) is 15.4. The van der Waals surface area contributed by atoms with Gasteiger partial charge in [-0.05, 0) is 47.5 Å². The van der Waals surface area contributed by atoms with E-state index in [1.807, 2.05) is 60.7 Å². The Morgan fingerprint density at radius 2 is 0.880 bits per heavy atom.